The molecule has 0 saturated carbocycles. The van der Waals surface area contributed by atoms with E-state index in [0.717, 1.165) is 22.8 Å². The summed E-state index contributed by atoms with van der Waals surface area (Å²) >= 11 is 0. The number of nitrogens with zero attached hydrogens (tertiary/aromatic N) is 6. The van der Waals surface area contributed by atoms with Gasteiger partial charge in [-0.2, -0.15) is 10.2 Å². The molecule has 3 rings (SSSR count). The first-order valence-electron chi connectivity index (χ1n) is 6.88. The van der Waals surface area contributed by atoms with Gasteiger partial charge in [-0.1, -0.05) is 0 Å². The lowest BCUT2D eigenvalue weighted by molar-refractivity contribution is 0.0982. The summed E-state index contributed by atoms with van der Waals surface area (Å²) in [7, 11) is 3.58. The van der Waals surface area contributed by atoms with Crippen LogP contribution in [0.15, 0.2) is 11.2 Å². The predicted molar refractivity (Wildman–Crippen MR) is 80.5 cm³/mol. The zero-order valence-electron chi connectivity index (χ0n) is 12.9. The monoisotopic (exact) mass is 286 g/mol. The van der Waals surface area contributed by atoms with Crippen molar-refractivity contribution in [2.24, 2.45) is 12.0 Å². The van der Waals surface area contributed by atoms with Crippen molar-refractivity contribution in [3.8, 4) is 0 Å². The second-order valence-electron chi connectivity index (χ2n) is 5.17. The van der Waals surface area contributed by atoms with Gasteiger partial charge in [0.2, 0.25) is 0 Å². The number of aromatic nitrogens is 4. The van der Waals surface area contributed by atoms with Gasteiger partial charge in [0.1, 0.15) is 11.5 Å². The fourth-order valence-corrected chi connectivity index (χ4v) is 2.71. The standard InChI is InChI=1S/C14H18N6O/c1-6-20-12-11(9(3)17-20)16-8(2)10-7-15-19(5)13(10)18(4)14(12)21/h7H,6H2,1-5H3. The summed E-state index contributed by atoms with van der Waals surface area (Å²) in [6.45, 7) is 6.39. The predicted octanol–water partition coefficient (Wildman–Crippen LogP) is 1.68. The first-order chi connectivity index (χ1) is 9.95. The molecule has 110 valence electrons. The molecule has 0 unspecified atom stereocenters. The van der Waals surface area contributed by atoms with Crippen molar-refractivity contribution in [1.29, 1.82) is 0 Å². The summed E-state index contributed by atoms with van der Waals surface area (Å²) in [6, 6.07) is 0. The van der Waals surface area contributed by atoms with E-state index in [-0.39, 0.29) is 5.91 Å². The highest BCUT2D eigenvalue weighted by molar-refractivity contribution is 6.15. The zero-order valence-corrected chi connectivity index (χ0v) is 12.9. The van der Waals surface area contributed by atoms with Gasteiger partial charge in [0, 0.05) is 20.6 Å². The van der Waals surface area contributed by atoms with E-state index in [1.165, 1.54) is 0 Å². The zero-order chi connectivity index (χ0) is 15.3. The molecule has 2 aromatic rings. The Morgan fingerprint density at radius 2 is 1.95 bits per heavy atom. The summed E-state index contributed by atoms with van der Waals surface area (Å²) in [5.74, 6) is 0.627. The van der Waals surface area contributed by atoms with Crippen LogP contribution in [0.4, 0.5) is 11.5 Å². The largest absolute Gasteiger partial charge is 0.294 e. The van der Waals surface area contributed by atoms with Crippen LogP contribution in [0.25, 0.3) is 0 Å². The van der Waals surface area contributed by atoms with Gasteiger partial charge in [-0.15, -0.1) is 0 Å². The molecule has 21 heavy (non-hydrogen) atoms. The molecule has 0 spiro atoms. The molecular weight excluding hydrogens is 268 g/mol. The molecule has 1 aliphatic rings. The average Bonchev–Trinajstić information content (AvgIpc) is 2.97. The third kappa shape index (κ3) is 1.80. The maximum Gasteiger partial charge on any atom is 0.279 e. The molecule has 7 nitrogen and oxygen atoms in total. The third-order valence-corrected chi connectivity index (χ3v) is 3.80. The number of carbonyl (C=O) groups excluding carboxylic acids is 1. The van der Waals surface area contributed by atoms with Crippen LogP contribution in [0.3, 0.4) is 0 Å². The van der Waals surface area contributed by atoms with Gasteiger partial charge in [-0.25, -0.2) is 4.99 Å². The number of carbonyl (C=O) groups is 1. The maximum absolute atomic E-state index is 12.9. The highest BCUT2D eigenvalue weighted by atomic mass is 16.2. The van der Waals surface area contributed by atoms with Crippen LogP contribution >= 0.6 is 0 Å². The van der Waals surface area contributed by atoms with E-state index in [1.807, 2.05) is 27.8 Å². The van der Waals surface area contributed by atoms with Gasteiger partial charge in [-0.3, -0.25) is 19.1 Å². The van der Waals surface area contributed by atoms with Gasteiger partial charge < -0.3 is 0 Å². The molecule has 2 aromatic heterocycles. The number of rotatable bonds is 1. The number of hydrogen-bond donors (Lipinski definition) is 0. The van der Waals surface area contributed by atoms with Crippen molar-refractivity contribution in [1.82, 2.24) is 19.6 Å². The minimum absolute atomic E-state index is 0.117. The summed E-state index contributed by atoms with van der Waals surface area (Å²) in [6.07, 6.45) is 1.74. The molecular formula is C14H18N6O. The van der Waals surface area contributed by atoms with Gasteiger partial charge in [0.25, 0.3) is 5.91 Å². The SMILES string of the molecule is CCn1nc(C)c2c1C(=O)N(C)c1c(cnn1C)C(C)=N2. The Bertz CT molecular complexity index is 767. The van der Waals surface area contributed by atoms with Crippen molar-refractivity contribution in [3.05, 3.63) is 23.1 Å². The fourth-order valence-electron chi connectivity index (χ4n) is 2.71. The number of aryl methyl sites for hydroxylation is 3. The minimum atomic E-state index is -0.117. The van der Waals surface area contributed by atoms with E-state index < -0.39 is 0 Å². The van der Waals surface area contributed by atoms with E-state index in [1.54, 1.807) is 27.5 Å². The number of fused-ring (bicyclic) bond motifs is 2. The number of hydrogen-bond acceptors (Lipinski definition) is 4. The second-order valence-corrected chi connectivity index (χ2v) is 5.17. The lowest BCUT2D eigenvalue weighted by Gasteiger charge is -2.21. The molecule has 0 fully saturated rings. The molecule has 0 saturated heterocycles. The Morgan fingerprint density at radius 1 is 1.24 bits per heavy atom. The second kappa shape index (κ2) is 4.54. The summed E-state index contributed by atoms with van der Waals surface area (Å²) in [5.41, 5.74) is 3.64. The molecule has 0 N–H and O–H groups in total. The number of amides is 1. The molecule has 0 bridgehead atoms. The van der Waals surface area contributed by atoms with Crippen LogP contribution in [-0.4, -0.2) is 38.2 Å². The van der Waals surface area contributed by atoms with Crippen LogP contribution < -0.4 is 4.90 Å². The fraction of sp³-hybridized carbons (Fsp3) is 0.429. The maximum atomic E-state index is 12.9. The molecule has 0 aromatic carbocycles. The average molecular weight is 286 g/mol. The Balaban J connectivity index is 2.35. The molecule has 0 atom stereocenters. The number of aliphatic imine (C=N–C) groups is 1. The Hall–Kier alpha value is -2.44. The van der Waals surface area contributed by atoms with Crippen LogP contribution in [0, 0.1) is 6.92 Å². The molecule has 1 aliphatic heterocycles. The Labute approximate surface area is 122 Å². The molecule has 0 aliphatic carbocycles. The molecule has 0 radical (unpaired) electrons. The minimum Gasteiger partial charge on any atom is -0.294 e. The van der Waals surface area contributed by atoms with Crippen LogP contribution in [0.1, 0.15) is 35.6 Å². The quantitative estimate of drug-likeness (QED) is 0.801. The third-order valence-electron chi connectivity index (χ3n) is 3.80. The highest BCUT2D eigenvalue weighted by Gasteiger charge is 2.30. The van der Waals surface area contributed by atoms with E-state index >= 15 is 0 Å². The summed E-state index contributed by atoms with van der Waals surface area (Å²) in [5, 5.41) is 8.67. The van der Waals surface area contributed by atoms with Crippen molar-refractivity contribution in [2.45, 2.75) is 27.3 Å². The van der Waals surface area contributed by atoms with Gasteiger partial charge >= 0.3 is 0 Å². The highest BCUT2D eigenvalue weighted by Crippen LogP contribution is 2.32. The Kier molecular flexibility index (Phi) is 2.93. The van der Waals surface area contributed by atoms with E-state index in [2.05, 4.69) is 15.2 Å². The van der Waals surface area contributed by atoms with E-state index in [4.69, 9.17) is 0 Å². The van der Waals surface area contributed by atoms with Crippen molar-refractivity contribution in [3.63, 3.8) is 0 Å². The topological polar surface area (TPSA) is 68.3 Å². The van der Waals surface area contributed by atoms with Gasteiger partial charge in [-0.05, 0) is 20.8 Å². The molecule has 7 heteroatoms. The Morgan fingerprint density at radius 3 is 2.62 bits per heavy atom. The first kappa shape index (κ1) is 13.5. The van der Waals surface area contributed by atoms with Crippen LogP contribution in [0.2, 0.25) is 0 Å². The van der Waals surface area contributed by atoms with Gasteiger partial charge in [0.05, 0.1) is 23.2 Å². The molecule has 1 amide bonds. The summed E-state index contributed by atoms with van der Waals surface area (Å²) < 4.78 is 3.40. The van der Waals surface area contributed by atoms with E-state index in [9.17, 15) is 4.79 Å². The lowest BCUT2D eigenvalue weighted by atomic mass is 10.1. The number of anilines is 1. The molecule has 3 heterocycles. The van der Waals surface area contributed by atoms with Crippen molar-refractivity contribution < 1.29 is 4.79 Å². The van der Waals surface area contributed by atoms with Crippen LogP contribution in [0.5, 0.6) is 0 Å². The van der Waals surface area contributed by atoms with Crippen molar-refractivity contribution >= 4 is 23.1 Å². The summed E-state index contributed by atoms with van der Waals surface area (Å²) in [4.78, 5) is 19.1. The lowest BCUT2D eigenvalue weighted by Crippen LogP contribution is -2.32. The van der Waals surface area contributed by atoms with Crippen LogP contribution in [-0.2, 0) is 13.6 Å². The van der Waals surface area contributed by atoms with E-state index in [0.29, 0.717) is 17.9 Å². The van der Waals surface area contributed by atoms with Gasteiger partial charge in [0.15, 0.2) is 5.69 Å². The first-order valence-corrected chi connectivity index (χ1v) is 6.88. The van der Waals surface area contributed by atoms with Crippen molar-refractivity contribution in [2.75, 3.05) is 11.9 Å². The normalized spacial score (nSPS) is 14.4. The smallest absolute Gasteiger partial charge is 0.279 e.